The van der Waals surface area contributed by atoms with Gasteiger partial charge < -0.3 is 0 Å². The molecule has 6 nitrogen and oxygen atoms in total. The number of rotatable bonds is 10. The van der Waals surface area contributed by atoms with E-state index in [9.17, 15) is 0 Å². The second-order valence-corrected chi connectivity index (χ2v) is 26.6. The van der Waals surface area contributed by atoms with Gasteiger partial charge in [-0.15, -0.1) is 0 Å². The fourth-order valence-corrected chi connectivity index (χ4v) is 15.0. The minimum atomic E-state index is -0.0964. The minimum Gasteiger partial charge on any atom is -0.265 e. The van der Waals surface area contributed by atoms with E-state index in [2.05, 4.69) is 305 Å². The summed E-state index contributed by atoms with van der Waals surface area (Å²) in [6, 6.07) is 108. The average molecular weight is 1260 g/mol. The second kappa shape index (κ2) is 24.4. The number of nitrogens with zero attached hydrogens (tertiary/aromatic N) is 6. The van der Waals surface area contributed by atoms with E-state index >= 15 is 0 Å². The van der Waals surface area contributed by atoms with Crippen LogP contribution in [0.3, 0.4) is 0 Å². The summed E-state index contributed by atoms with van der Waals surface area (Å²) in [5, 5.41) is 5.20. The topological polar surface area (TPSA) is 77.3 Å². The molecule has 0 radical (unpaired) electrons. The molecule has 12 aromatic carbocycles. The maximum atomic E-state index is 5.12. The highest BCUT2D eigenvalue weighted by atomic mass is 14.9. The second-order valence-electron chi connectivity index (χ2n) is 26.6. The molecule has 464 valence electrons. The number of hydrogen-bond acceptors (Lipinski definition) is 6. The van der Waals surface area contributed by atoms with Crippen LogP contribution in [0.25, 0.3) is 156 Å². The highest BCUT2D eigenvalue weighted by Crippen LogP contribution is 2.56. The van der Waals surface area contributed by atoms with Crippen molar-refractivity contribution in [3.05, 3.63) is 350 Å². The smallest absolute Gasteiger partial charge is 0.160 e. The quantitative estimate of drug-likeness (QED) is 0.136. The van der Waals surface area contributed by atoms with Crippen LogP contribution in [0.1, 0.15) is 49.9 Å². The summed E-state index contributed by atoms with van der Waals surface area (Å²) in [6.45, 7) is 9.42. The molecule has 98 heavy (non-hydrogen) atoms. The van der Waals surface area contributed by atoms with E-state index in [-0.39, 0.29) is 10.8 Å². The molecule has 2 aliphatic rings. The zero-order valence-corrected chi connectivity index (χ0v) is 54.9. The van der Waals surface area contributed by atoms with E-state index in [1.165, 1.54) is 99.4 Å². The van der Waals surface area contributed by atoms with Gasteiger partial charge in [0, 0.05) is 69.0 Å². The summed E-state index contributed by atoms with van der Waals surface area (Å²) >= 11 is 0. The van der Waals surface area contributed by atoms with Crippen LogP contribution in [-0.4, -0.2) is 29.9 Å². The van der Waals surface area contributed by atoms with Gasteiger partial charge in [-0.1, -0.05) is 295 Å². The zero-order valence-electron chi connectivity index (χ0n) is 54.9. The fourth-order valence-electron chi connectivity index (χ4n) is 15.0. The van der Waals surface area contributed by atoms with E-state index in [1.807, 2.05) is 42.6 Å². The van der Waals surface area contributed by atoms with Gasteiger partial charge in [-0.25, -0.2) is 19.9 Å². The van der Waals surface area contributed by atoms with E-state index < -0.39 is 0 Å². The lowest BCUT2D eigenvalue weighted by molar-refractivity contribution is 0.661. The number of aromatic nitrogens is 6. The van der Waals surface area contributed by atoms with Crippen molar-refractivity contribution in [2.24, 2.45) is 0 Å². The Morgan fingerprint density at radius 3 is 1.18 bits per heavy atom. The van der Waals surface area contributed by atoms with Crippen LogP contribution in [0.5, 0.6) is 0 Å². The van der Waals surface area contributed by atoms with E-state index in [0.717, 1.165) is 67.3 Å². The highest BCUT2D eigenvalue weighted by molar-refractivity contribution is 6.07. The molecule has 16 aromatic rings. The highest BCUT2D eigenvalue weighted by Gasteiger charge is 2.39. The maximum absolute atomic E-state index is 5.12. The Balaban J connectivity index is 0.000000147. The van der Waals surface area contributed by atoms with Crippen LogP contribution in [0.2, 0.25) is 0 Å². The Labute approximate surface area is 571 Å². The van der Waals surface area contributed by atoms with Gasteiger partial charge in [0.2, 0.25) is 0 Å². The molecule has 0 saturated heterocycles. The molecule has 0 saturated carbocycles. The molecule has 0 amide bonds. The zero-order chi connectivity index (χ0) is 65.9. The first-order valence-corrected chi connectivity index (χ1v) is 33.5. The summed E-state index contributed by atoms with van der Waals surface area (Å²) in [6.07, 6.45) is 7.26. The van der Waals surface area contributed by atoms with Crippen LogP contribution >= 0.6 is 0 Å². The lowest BCUT2D eigenvalue weighted by atomic mass is 9.80. The van der Waals surface area contributed by atoms with Crippen LogP contribution < -0.4 is 0 Å². The molecule has 0 bridgehead atoms. The lowest BCUT2D eigenvalue weighted by Crippen LogP contribution is -2.15. The average Bonchev–Trinajstić information content (AvgIpc) is 1.56. The fraction of sp³-hybridized carbons (Fsp3) is 0.0652. The lowest BCUT2D eigenvalue weighted by Gasteiger charge is -2.23. The third-order valence-electron chi connectivity index (χ3n) is 20.0. The van der Waals surface area contributed by atoms with Gasteiger partial charge in [0.15, 0.2) is 11.6 Å². The summed E-state index contributed by atoms with van der Waals surface area (Å²) in [5.74, 6) is 1.38. The standard InChI is InChI=1S/2C46H33N3/c1-46(2)40-16-8-15-37(43(40)39-26-25-32-12-6-7-14-38(32)44(39)46)33-19-21-34(22-20-33)41-28-42(36-13-9-27-47-29-36)49-45(48-41)35-23-17-31(18-24-35)30-10-4-3-5-11-30;1-46(2)39-14-8-13-38(43(39)44-37-12-7-6-11-32(37)23-24-40(44)46)33-17-19-34(20-18-33)41-29-42(35-25-27-47-28-26-35)49-45(48-41)36-21-15-31(16-22-36)30-9-4-3-5-10-30/h2*3-29H,1-2H3. The molecule has 0 atom stereocenters. The first-order chi connectivity index (χ1) is 48.1. The molecule has 2 aliphatic carbocycles. The Hall–Kier alpha value is -12.4. The normalized spacial score (nSPS) is 12.9. The van der Waals surface area contributed by atoms with Crippen LogP contribution in [0.4, 0.5) is 0 Å². The third kappa shape index (κ3) is 10.6. The van der Waals surface area contributed by atoms with Gasteiger partial charge in [-0.2, -0.15) is 0 Å². The SMILES string of the molecule is CC1(C)c2cccc(-c3ccc(-c4cc(-c5cccnc5)nc(-c5ccc(-c6ccccc6)cc5)n4)cc3)c2-c2ccc3ccccc3c21.CC1(C)c2cccc(-c3ccc(-c4cc(-c5ccncc5)nc(-c5ccc(-c6ccccc6)cc5)n4)cc3)c2-c2c1ccc1ccccc21. The predicted octanol–water partition coefficient (Wildman–Crippen LogP) is 23.3. The Bertz CT molecular complexity index is 5680. The molecule has 18 rings (SSSR count). The van der Waals surface area contributed by atoms with Crippen molar-refractivity contribution in [3.8, 4) is 135 Å². The molecular formula is C92H66N6. The molecule has 0 spiro atoms. The first kappa shape index (κ1) is 59.4. The summed E-state index contributed by atoms with van der Waals surface area (Å²) in [4.78, 5) is 28.9. The molecule has 6 heteroatoms. The summed E-state index contributed by atoms with van der Waals surface area (Å²) in [5.41, 5.74) is 29.8. The molecule has 4 heterocycles. The van der Waals surface area contributed by atoms with Gasteiger partial charge in [-0.3, -0.25) is 9.97 Å². The summed E-state index contributed by atoms with van der Waals surface area (Å²) < 4.78 is 0. The maximum Gasteiger partial charge on any atom is 0.160 e. The number of hydrogen-bond donors (Lipinski definition) is 0. The monoisotopic (exact) mass is 1250 g/mol. The Kier molecular flexibility index (Phi) is 14.8. The van der Waals surface area contributed by atoms with E-state index in [1.54, 1.807) is 18.6 Å². The number of pyridine rings is 2. The number of benzene rings is 12. The largest absolute Gasteiger partial charge is 0.265 e. The first-order valence-electron chi connectivity index (χ1n) is 33.5. The summed E-state index contributed by atoms with van der Waals surface area (Å²) in [7, 11) is 0. The van der Waals surface area contributed by atoms with Crippen molar-refractivity contribution >= 4 is 21.5 Å². The molecule has 0 unspecified atom stereocenters. The van der Waals surface area contributed by atoms with Gasteiger partial charge in [0.25, 0.3) is 0 Å². The van der Waals surface area contributed by atoms with Crippen molar-refractivity contribution in [2.75, 3.05) is 0 Å². The van der Waals surface area contributed by atoms with Crippen molar-refractivity contribution in [1.82, 2.24) is 29.9 Å². The van der Waals surface area contributed by atoms with Crippen molar-refractivity contribution in [1.29, 1.82) is 0 Å². The van der Waals surface area contributed by atoms with Crippen molar-refractivity contribution in [3.63, 3.8) is 0 Å². The van der Waals surface area contributed by atoms with Crippen LogP contribution in [-0.2, 0) is 10.8 Å². The molecular weight excluding hydrogens is 1190 g/mol. The van der Waals surface area contributed by atoms with Crippen molar-refractivity contribution in [2.45, 2.75) is 38.5 Å². The molecule has 4 aromatic heterocycles. The van der Waals surface area contributed by atoms with E-state index in [0.29, 0.717) is 11.6 Å². The molecule has 0 N–H and O–H groups in total. The minimum absolute atomic E-state index is 0.0787. The number of fused-ring (bicyclic) bond motifs is 10. The molecule has 0 fully saturated rings. The molecule has 0 aliphatic heterocycles. The van der Waals surface area contributed by atoms with Gasteiger partial charge in [0.05, 0.1) is 22.8 Å². The Morgan fingerprint density at radius 1 is 0.235 bits per heavy atom. The van der Waals surface area contributed by atoms with E-state index in [4.69, 9.17) is 19.9 Å². The van der Waals surface area contributed by atoms with Gasteiger partial charge in [0.1, 0.15) is 0 Å². The third-order valence-corrected chi connectivity index (χ3v) is 20.0. The van der Waals surface area contributed by atoms with Crippen LogP contribution in [0.15, 0.2) is 328 Å². The van der Waals surface area contributed by atoms with Crippen molar-refractivity contribution < 1.29 is 0 Å². The van der Waals surface area contributed by atoms with Gasteiger partial charge >= 0.3 is 0 Å². The van der Waals surface area contributed by atoms with Gasteiger partial charge in [-0.05, 0) is 147 Å². The predicted molar refractivity (Wildman–Crippen MR) is 404 cm³/mol. The van der Waals surface area contributed by atoms with Crippen LogP contribution in [0, 0.1) is 0 Å². The Morgan fingerprint density at radius 2 is 0.643 bits per heavy atom.